The van der Waals surface area contributed by atoms with Gasteiger partial charge in [0.25, 0.3) is 0 Å². The van der Waals surface area contributed by atoms with Crippen LogP contribution in [-0.4, -0.2) is 67.6 Å². The van der Waals surface area contributed by atoms with Gasteiger partial charge in [0.05, 0.1) is 36.9 Å². The van der Waals surface area contributed by atoms with Gasteiger partial charge in [-0.3, -0.25) is 4.90 Å². The zero-order valence-electron chi connectivity index (χ0n) is 16.8. The third-order valence-corrected chi connectivity index (χ3v) is 7.21. The third kappa shape index (κ3) is 5.53. The fourth-order valence-corrected chi connectivity index (χ4v) is 5.40. The molecule has 1 aliphatic heterocycles. The van der Waals surface area contributed by atoms with E-state index >= 15 is 0 Å². The first-order valence-corrected chi connectivity index (χ1v) is 11.7. The van der Waals surface area contributed by atoms with Crippen molar-refractivity contribution < 1.29 is 17.9 Å². The van der Waals surface area contributed by atoms with Crippen LogP contribution in [0, 0.1) is 5.92 Å². The van der Waals surface area contributed by atoms with Gasteiger partial charge in [-0.25, -0.2) is 13.4 Å². The molecule has 0 spiro atoms. The molecule has 2 aliphatic rings. The highest BCUT2D eigenvalue weighted by molar-refractivity contribution is 7.91. The molecule has 1 saturated carbocycles. The van der Waals surface area contributed by atoms with Gasteiger partial charge in [0, 0.05) is 32.8 Å². The first-order valence-electron chi connectivity index (χ1n) is 10.0. The van der Waals surface area contributed by atoms with Gasteiger partial charge in [0.1, 0.15) is 0 Å². The molecule has 1 unspecified atom stereocenters. The van der Waals surface area contributed by atoms with Crippen LogP contribution in [0.2, 0.25) is 0 Å². The molecule has 1 aromatic rings. The quantitative estimate of drug-likeness (QED) is 0.567. The summed E-state index contributed by atoms with van der Waals surface area (Å²) in [6.07, 6.45) is 5.83. The van der Waals surface area contributed by atoms with Crippen molar-refractivity contribution in [2.45, 2.75) is 69.9 Å². The molecule has 154 valence electrons. The van der Waals surface area contributed by atoms with Gasteiger partial charge in [-0.2, -0.15) is 0 Å². The zero-order chi connectivity index (χ0) is 19.4. The van der Waals surface area contributed by atoms with Gasteiger partial charge in [-0.15, -0.1) is 0 Å². The zero-order valence-corrected chi connectivity index (χ0v) is 17.6. The van der Waals surface area contributed by atoms with Crippen LogP contribution < -0.4 is 0 Å². The summed E-state index contributed by atoms with van der Waals surface area (Å²) in [5.41, 5.74) is 0.935. The Morgan fingerprint density at radius 3 is 2.74 bits per heavy atom. The summed E-state index contributed by atoms with van der Waals surface area (Å²) in [7, 11) is -1.67. The van der Waals surface area contributed by atoms with Gasteiger partial charge in [0.2, 0.25) is 15.0 Å². The van der Waals surface area contributed by atoms with E-state index in [0.717, 1.165) is 44.5 Å². The van der Waals surface area contributed by atoms with E-state index in [0.29, 0.717) is 31.7 Å². The summed E-state index contributed by atoms with van der Waals surface area (Å²) in [5, 5.41) is 0.218. The molecule has 1 atom stereocenters. The molecule has 0 N–H and O–H groups in total. The molecule has 2 fully saturated rings. The molecule has 0 bridgehead atoms. The monoisotopic (exact) mass is 399 g/mol. The lowest BCUT2D eigenvalue weighted by atomic mass is 10.2. The van der Waals surface area contributed by atoms with Gasteiger partial charge in [0.15, 0.2) is 0 Å². The number of aromatic nitrogens is 2. The van der Waals surface area contributed by atoms with Crippen LogP contribution in [0.3, 0.4) is 0 Å². The van der Waals surface area contributed by atoms with Crippen molar-refractivity contribution >= 4 is 9.84 Å². The number of sulfone groups is 1. The number of methoxy groups -OCH3 is 1. The largest absolute Gasteiger partial charge is 0.383 e. The maximum atomic E-state index is 12.9. The Morgan fingerprint density at radius 1 is 1.37 bits per heavy atom. The minimum atomic E-state index is -3.37. The first kappa shape index (κ1) is 20.8. The van der Waals surface area contributed by atoms with E-state index in [1.807, 2.05) is 4.57 Å². The van der Waals surface area contributed by atoms with E-state index in [1.165, 1.54) is 0 Å². The molecule has 1 aliphatic carbocycles. The molecule has 0 amide bonds. The second-order valence-electron chi connectivity index (χ2n) is 8.06. The minimum absolute atomic E-state index is 0.0688. The van der Waals surface area contributed by atoms with Gasteiger partial charge in [-0.1, -0.05) is 0 Å². The topological polar surface area (TPSA) is 73.7 Å². The van der Waals surface area contributed by atoms with E-state index in [2.05, 4.69) is 23.7 Å². The van der Waals surface area contributed by atoms with Crippen LogP contribution in [0.1, 0.15) is 45.2 Å². The molecule has 7 nitrogen and oxygen atoms in total. The molecule has 0 aromatic carbocycles. The number of nitrogens with zero attached hydrogens (tertiary/aromatic N) is 3. The van der Waals surface area contributed by atoms with Crippen LogP contribution in [0.25, 0.3) is 0 Å². The van der Waals surface area contributed by atoms with E-state index < -0.39 is 9.84 Å². The Morgan fingerprint density at radius 2 is 2.15 bits per heavy atom. The lowest BCUT2D eigenvalue weighted by Gasteiger charge is -2.27. The third-order valence-electron chi connectivity index (χ3n) is 5.42. The lowest BCUT2D eigenvalue weighted by Crippen LogP contribution is -2.34. The fourth-order valence-electron chi connectivity index (χ4n) is 3.56. The Bertz CT molecular complexity index is 707. The summed E-state index contributed by atoms with van der Waals surface area (Å²) in [6, 6.07) is 0.331. The molecular formula is C19H33N3O4S. The average Bonchev–Trinajstić information content (AvgIpc) is 3.09. The molecule has 0 radical (unpaired) electrons. The molecule has 2 heterocycles. The maximum absolute atomic E-state index is 12.9. The summed E-state index contributed by atoms with van der Waals surface area (Å²) < 4.78 is 38.8. The second kappa shape index (κ2) is 9.03. The van der Waals surface area contributed by atoms with Crippen molar-refractivity contribution in [3.05, 3.63) is 11.9 Å². The predicted molar refractivity (Wildman–Crippen MR) is 103 cm³/mol. The summed E-state index contributed by atoms with van der Waals surface area (Å²) in [4.78, 5) is 6.65. The fraction of sp³-hybridized carbons (Fsp3) is 0.842. The molecule has 8 heteroatoms. The SMILES string of the molecule is COCCN(Cc1cnc(S(=O)(=O)CC2CC2)n1CC1CCCO1)C(C)C. The number of rotatable bonds is 11. The van der Waals surface area contributed by atoms with Gasteiger partial charge in [-0.05, 0) is 45.4 Å². The number of hydrogen-bond acceptors (Lipinski definition) is 6. The Balaban J connectivity index is 1.85. The van der Waals surface area contributed by atoms with Crippen molar-refractivity contribution in [2.24, 2.45) is 5.92 Å². The van der Waals surface area contributed by atoms with Crippen molar-refractivity contribution in [3.63, 3.8) is 0 Å². The number of imidazole rings is 1. The van der Waals surface area contributed by atoms with Crippen LogP contribution in [-0.2, 0) is 32.4 Å². The molecule has 27 heavy (non-hydrogen) atoms. The van der Waals surface area contributed by atoms with E-state index in [4.69, 9.17) is 9.47 Å². The highest BCUT2D eigenvalue weighted by Gasteiger charge is 2.33. The van der Waals surface area contributed by atoms with Crippen molar-refractivity contribution in [1.82, 2.24) is 14.5 Å². The summed E-state index contributed by atoms with van der Waals surface area (Å²) in [6.45, 7) is 7.69. The van der Waals surface area contributed by atoms with Crippen molar-refractivity contribution in [1.29, 1.82) is 0 Å². The van der Waals surface area contributed by atoms with E-state index in [9.17, 15) is 8.42 Å². The van der Waals surface area contributed by atoms with E-state index in [-0.39, 0.29) is 17.0 Å². The highest BCUT2D eigenvalue weighted by atomic mass is 32.2. The molecule has 1 aromatic heterocycles. The average molecular weight is 400 g/mol. The van der Waals surface area contributed by atoms with Gasteiger partial charge < -0.3 is 14.0 Å². The lowest BCUT2D eigenvalue weighted by molar-refractivity contribution is 0.0913. The molecular weight excluding hydrogens is 366 g/mol. The van der Waals surface area contributed by atoms with Crippen LogP contribution in [0.15, 0.2) is 11.4 Å². The maximum Gasteiger partial charge on any atom is 0.227 e. The highest BCUT2D eigenvalue weighted by Crippen LogP contribution is 2.32. The number of ether oxygens (including phenoxy) is 2. The van der Waals surface area contributed by atoms with Crippen LogP contribution >= 0.6 is 0 Å². The standard InChI is InChI=1S/C19H33N3O4S/c1-15(2)21(8-10-25-3)12-17-11-20-19(27(23,24)14-16-6-7-16)22(17)13-18-5-4-9-26-18/h11,15-16,18H,4-10,12-14H2,1-3H3. The summed E-state index contributed by atoms with van der Waals surface area (Å²) >= 11 is 0. The Hall–Kier alpha value is -0.960. The normalized spacial score (nSPS) is 20.9. The van der Waals surface area contributed by atoms with Crippen molar-refractivity contribution in [3.8, 4) is 0 Å². The smallest absolute Gasteiger partial charge is 0.227 e. The van der Waals surface area contributed by atoms with Gasteiger partial charge >= 0.3 is 0 Å². The first-order chi connectivity index (χ1) is 12.9. The second-order valence-corrected chi connectivity index (χ2v) is 9.99. The Kier molecular flexibility index (Phi) is 6.94. The van der Waals surface area contributed by atoms with E-state index in [1.54, 1.807) is 13.3 Å². The van der Waals surface area contributed by atoms with Crippen LogP contribution in [0.4, 0.5) is 0 Å². The predicted octanol–water partition coefficient (Wildman–Crippen LogP) is 2.10. The molecule has 3 rings (SSSR count). The Labute approximate surface area is 163 Å². The summed E-state index contributed by atoms with van der Waals surface area (Å²) in [5.74, 6) is 0.521. The minimum Gasteiger partial charge on any atom is -0.383 e. The van der Waals surface area contributed by atoms with Crippen molar-refractivity contribution in [2.75, 3.05) is 32.6 Å². The van der Waals surface area contributed by atoms with Crippen LogP contribution in [0.5, 0.6) is 0 Å². The number of hydrogen-bond donors (Lipinski definition) is 0. The molecule has 1 saturated heterocycles.